The topological polar surface area (TPSA) is 69.6 Å². The Morgan fingerprint density at radius 3 is 2.50 bits per heavy atom. The third kappa shape index (κ3) is 3.57. The van der Waals surface area contributed by atoms with Gasteiger partial charge < -0.3 is 15.3 Å². The quantitative estimate of drug-likeness (QED) is 0.670. The van der Waals surface area contributed by atoms with Gasteiger partial charge in [0.2, 0.25) is 5.91 Å². The highest BCUT2D eigenvalue weighted by molar-refractivity contribution is 6.01. The molecule has 0 fully saturated rings. The zero-order valence-electron chi connectivity index (χ0n) is 16.8. The fourth-order valence-electron chi connectivity index (χ4n) is 3.78. The van der Waals surface area contributed by atoms with Crippen molar-refractivity contribution in [1.29, 1.82) is 0 Å². The summed E-state index contributed by atoms with van der Waals surface area (Å²) in [5.74, 6) is -0.0699. The molecule has 0 bridgehead atoms. The summed E-state index contributed by atoms with van der Waals surface area (Å²) in [6.07, 6.45) is 3.89. The zero-order valence-corrected chi connectivity index (χ0v) is 16.8. The lowest BCUT2D eigenvalue weighted by Crippen LogP contribution is -2.29. The first-order valence-electron chi connectivity index (χ1n) is 9.71. The van der Waals surface area contributed by atoms with E-state index in [4.69, 9.17) is 0 Å². The molecule has 0 aliphatic carbocycles. The van der Waals surface area contributed by atoms with Gasteiger partial charge in [-0.3, -0.25) is 9.59 Å². The van der Waals surface area contributed by atoms with Gasteiger partial charge in [-0.25, -0.2) is 0 Å². The first-order chi connectivity index (χ1) is 14.5. The summed E-state index contributed by atoms with van der Waals surface area (Å²) >= 11 is 0. The van der Waals surface area contributed by atoms with Gasteiger partial charge in [-0.05, 0) is 52.6 Å². The highest BCUT2D eigenvalue weighted by Crippen LogP contribution is 2.33. The number of anilines is 1. The maximum atomic E-state index is 12.4. The lowest BCUT2D eigenvalue weighted by molar-refractivity contribution is -0.116. The Balaban J connectivity index is 1.84. The van der Waals surface area contributed by atoms with Crippen molar-refractivity contribution < 1.29 is 14.7 Å². The summed E-state index contributed by atoms with van der Waals surface area (Å²) in [6, 6.07) is 18.5. The molecule has 150 valence electrons. The van der Waals surface area contributed by atoms with Crippen molar-refractivity contribution in [1.82, 2.24) is 5.32 Å². The Hall–Kier alpha value is -3.86. The summed E-state index contributed by atoms with van der Waals surface area (Å²) < 4.78 is 0. The van der Waals surface area contributed by atoms with Gasteiger partial charge in [0.25, 0.3) is 5.91 Å². The molecule has 4 rings (SSSR count). The second-order valence-corrected chi connectivity index (χ2v) is 7.22. The van der Waals surface area contributed by atoms with Crippen LogP contribution in [0, 0.1) is 0 Å². The van der Waals surface area contributed by atoms with Crippen LogP contribution in [-0.2, 0) is 11.3 Å². The SMILES string of the molecule is CNC(=O)c1ccccc1-c1ccc2c(c1)CN(C(C)=O)c1ccc(O)cc1/C=C\2. The standard InChI is InChI=1S/C25H22N2O3/c1-16(28)27-15-20-13-18(22-5-3-4-6-23(22)25(30)26-2)9-7-17(20)8-10-19-14-21(29)11-12-24(19)27/h3-14,29H,15H2,1-2H3,(H,26,30)/b10-8-. The van der Waals surface area contributed by atoms with Crippen LogP contribution in [0.5, 0.6) is 5.75 Å². The molecular formula is C25H22N2O3. The fourth-order valence-corrected chi connectivity index (χ4v) is 3.78. The lowest BCUT2D eigenvalue weighted by Gasteiger charge is -2.26. The number of phenolic OH excluding ortho intramolecular Hbond substituents is 1. The van der Waals surface area contributed by atoms with E-state index in [1.165, 1.54) is 6.92 Å². The first-order valence-corrected chi connectivity index (χ1v) is 9.71. The molecule has 2 amide bonds. The number of rotatable bonds is 2. The molecule has 1 aliphatic heterocycles. The molecular weight excluding hydrogens is 376 g/mol. The number of aromatic hydroxyl groups is 1. The predicted molar refractivity (Wildman–Crippen MR) is 119 cm³/mol. The Morgan fingerprint density at radius 2 is 1.73 bits per heavy atom. The highest BCUT2D eigenvalue weighted by Gasteiger charge is 2.20. The number of benzene rings is 3. The van der Waals surface area contributed by atoms with Gasteiger partial charge in [0.15, 0.2) is 0 Å². The van der Waals surface area contributed by atoms with Crippen LogP contribution < -0.4 is 10.2 Å². The third-order valence-corrected chi connectivity index (χ3v) is 5.31. The summed E-state index contributed by atoms with van der Waals surface area (Å²) in [5.41, 5.74) is 5.84. The Morgan fingerprint density at radius 1 is 0.967 bits per heavy atom. The van der Waals surface area contributed by atoms with E-state index >= 15 is 0 Å². The molecule has 0 saturated heterocycles. The molecule has 0 saturated carbocycles. The van der Waals surface area contributed by atoms with Gasteiger partial charge in [-0.15, -0.1) is 0 Å². The molecule has 0 unspecified atom stereocenters. The van der Waals surface area contributed by atoms with E-state index in [0.29, 0.717) is 12.1 Å². The average Bonchev–Trinajstić information content (AvgIpc) is 2.74. The molecule has 3 aromatic rings. The van der Waals surface area contributed by atoms with Crippen molar-refractivity contribution in [2.45, 2.75) is 13.5 Å². The smallest absolute Gasteiger partial charge is 0.251 e. The molecule has 0 atom stereocenters. The molecule has 1 heterocycles. The minimum Gasteiger partial charge on any atom is -0.508 e. The van der Waals surface area contributed by atoms with Gasteiger partial charge >= 0.3 is 0 Å². The number of carbonyl (C=O) groups is 2. The normalized spacial score (nSPS) is 13.5. The van der Waals surface area contributed by atoms with Crippen molar-refractivity contribution in [2.24, 2.45) is 0 Å². The molecule has 2 N–H and O–H groups in total. The number of nitrogens with one attached hydrogen (secondary N) is 1. The molecule has 30 heavy (non-hydrogen) atoms. The second kappa shape index (κ2) is 7.87. The van der Waals surface area contributed by atoms with Crippen LogP contribution in [0.2, 0.25) is 0 Å². The summed E-state index contributed by atoms with van der Waals surface area (Å²) in [7, 11) is 1.62. The lowest BCUT2D eigenvalue weighted by atomic mass is 9.93. The van der Waals surface area contributed by atoms with Crippen molar-refractivity contribution in [3.8, 4) is 16.9 Å². The van der Waals surface area contributed by atoms with Gasteiger partial charge in [0.1, 0.15) is 5.75 Å². The zero-order chi connectivity index (χ0) is 21.3. The summed E-state index contributed by atoms with van der Waals surface area (Å²) in [5, 5.41) is 12.5. The van der Waals surface area contributed by atoms with E-state index in [1.54, 1.807) is 36.2 Å². The minimum absolute atomic E-state index is 0.0839. The maximum absolute atomic E-state index is 12.4. The van der Waals surface area contributed by atoms with Crippen LogP contribution in [0.4, 0.5) is 5.69 Å². The molecule has 0 aromatic heterocycles. The number of hydrogen-bond acceptors (Lipinski definition) is 3. The Labute approximate surface area is 175 Å². The number of nitrogens with zero attached hydrogens (tertiary/aromatic N) is 1. The van der Waals surface area contributed by atoms with Crippen LogP contribution in [-0.4, -0.2) is 24.0 Å². The molecule has 5 nitrogen and oxygen atoms in total. The van der Waals surface area contributed by atoms with Crippen molar-refractivity contribution >= 4 is 29.7 Å². The van der Waals surface area contributed by atoms with Crippen molar-refractivity contribution in [3.05, 3.63) is 82.9 Å². The maximum Gasteiger partial charge on any atom is 0.251 e. The van der Waals surface area contributed by atoms with Crippen LogP contribution in [0.3, 0.4) is 0 Å². The van der Waals surface area contributed by atoms with E-state index in [9.17, 15) is 14.7 Å². The average molecular weight is 398 g/mol. The molecule has 0 radical (unpaired) electrons. The first kappa shape index (κ1) is 19.5. The van der Waals surface area contributed by atoms with Crippen LogP contribution in [0.1, 0.15) is 34.0 Å². The van der Waals surface area contributed by atoms with E-state index in [-0.39, 0.29) is 17.6 Å². The van der Waals surface area contributed by atoms with E-state index in [0.717, 1.165) is 33.5 Å². The number of carbonyl (C=O) groups excluding carboxylic acids is 2. The largest absolute Gasteiger partial charge is 0.508 e. The van der Waals surface area contributed by atoms with Crippen LogP contribution in [0.25, 0.3) is 23.3 Å². The van der Waals surface area contributed by atoms with Crippen LogP contribution >= 0.6 is 0 Å². The number of hydrogen-bond donors (Lipinski definition) is 2. The molecule has 0 spiro atoms. The minimum atomic E-state index is -0.142. The Bertz CT molecular complexity index is 1180. The Kier molecular flexibility index (Phi) is 5.11. The monoisotopic (exact) mass is 398 g/mol. The molecule has 1 aliphatic rings. The highest BCUT2D eigenvalue weighted by atomic mass is 16.3. The summed E-state index contributed by atoms with van der Waals surface area (Å²) in [6.45, 7) is 1.93. The van der Waals surface area contributed by atoms with E-state index in [2.05, 4.69) is 5.32 Å². The van der Waals surface area contributed by atoms with E-state index in [1.807, 2.05) is 48.6 Å². The van der Waals surface area contributed by atoms with Gasteiger partial charge in [0.05, 0.1) is 12.2 Å². The van der Waals surface area contributed by atoms with Crippen LogP contribution in [0.15, 0.2) is 60.7 Å². The fraction of sp³-hybridized carbons (Fsp3) is 0.120. The van der Waals surface area contributed by atoms with Crippen molar-refractivity contribution in [3.63, 3.8) is 0 Å². The predicted octanol–water partition coefficient (Wildman–Crippen LogP) is 4.46. The number of fused-ring (bicyclic) bond motifs is 2. The third-order valence-electron chi connectivity index (χ3n) is 5.31. The van der Waals surface area contributed by atoms with E-state index < -0.39 is 0 Å². The summed E-state index contributed by atoms with van der Waals surface area (Å²) in [4.78, 5) is 26.5. The molecule has 5 heteroatoms. The van der Waals surface area contributed by atoms with Gasteiger partial charge in [-0.1, -0.05) is 42.5 Å². The number of amides is 2. The second-order valence-electron chi connectivity index (χ2n) is 7.22. The van der Waals surface area contributed by atoms with Gasteiger partial charge in [0, 0.05) is 25.1 Å². The van der Waals surface area contributed by atoms with Gasteiger partial charge in [-0.2, -0.15) is 0 Å². The number of phenols is 1. The molecule has 3 aromatic carbocycles. The van der Waals surface area contributed by atoms with Crippen molar-refractivity contribution in [2.75, 3.05) is 11.9 Å².